The minimum absolute atomic E-state index is 0.0698. The molecule has 4 aliphatic carbocycles. The van der Waals surface area contributed by atoms with Crippen molar-refractivity contribution in [1.29, 1.82) is 0 Å². The lowest BCUT2D eigenvalue weighted by molar-refractivity contribution is -0.157. The molecule has 0 aliphatic heterocycles. The first-order valence-electron chi connectivity index (χ1n) is 11.6. The van der Waals surface area contributed by atoms with Gasteiger partial charge in [0.05, 0.1) is 0 Å². The van der Waals surface area contributed by atoms with Gasteiger partial charge >= 0.3 is 11.9 Å². The maximum absolute atomic E-state index is 13.7. The molecule has 0 bridgehead atoms. The molecule has 0 spiro atoms. The van der Waals surface area contributed by atoms with Gasteiger partial charge < -0.3 is 9.47 Å². The number of halogens is 2. The van der Waals surface area contributed by atoms with Crippen LogP contribution in [0, 0.1) is 28.6 Å². The molecule has 7 heteroatoms. The first kappa shape index (κ1) is 23.1. The number of allylic oxidation sites excluding steroid dienone is 3. The number of carbonyl (C=O) groups is 3. The summed E-state index contributed by atoms with van der Waals surface area (Å²) in [6, 6.07) is 0. The van der Waals surface area contributed by atoms with Crippen LogP contribution in [0.5, 0.6) is 0 Å². The van der Waals surface area contributed by atoms with Crippen LogP contribution in [0.3, 0.4) is 0 Å². The molecule has 3 saturated carbocycles. The third-order valence-electron chi connectivity index (χ3n) is 8.85. The molecule has 5 nitrogen and oxygen atoms in total. The Morgan fingerprint density at radius 3 is 2.41 bits per heavy atom. The van der Waals surface area contributed by atoms with Gasteiger partial charge in [0.25, 0.3) is 6.43 Å². The highest BCUT2D eigenvalue weighted by Crippen LogP contribution is 2.66. The largest absolute Gasteiger partial charge is 0.462 e. The quantitative estimate of drug-likeness (QED) is 0.338. The molecule has 176 valence electrons. The van der Waals surface area contributed by atoms with E-state index in [1.165, 1.54) is 13.0 Å². The first-order valence-corrected chi connectivity index (χ1v) is 11.6. The highest BCUT2D eigenvalue weighted by atomic mass is 19.3. The molecule has 0 aromatic carbocycles. The Morgan fingerprint density at radius 2 is 1.78 bits per heavy atom. The Bertz CT molecular complexity index is 906. The number of esters is 2. The van der Waals surface area contributed by atoms with Gasteiger partial charge in [0.15, 0.2) is 11.5 Å². The van der Waals surface area contributed by atoms with Crippen molar-refractivity contribution in [1.82, 2.24) is 0 Å². The lowest BCUT2D eigenvalue weighted by Gasteiger charge is -2.58. The minimum atomic E-state index is -3.02. The van der Waals surface area contributed by atoms with Crippen LogP contribution in [0.1, 0.15) is 72.6 Å². The Labute approximate surface area is 187 Å². The van der Waals surface area contributed by atoms with E-state index in [2.05, 4.69) is 13.8 Å². The number of ether oxygens (including phenoxy) is 2. The van der Waals surface area contributed by atoms with Crippen LogP contribution in [0.25, 0.3) is 0 Å². The van der Waals surface area contributed by atoms with Gasteiger partial charge in [-0.2, -0.15) is 0 Å². The number of hydrogen-bond donors (Lipinski definition) is 0. The molecule has 0 heterocycles. The summed E-state index contributed by atoms with van der Waals surface area (Å²) >= 11 is 0. The second-order valence-electron chi connectivity index (χ2n) is 10.5. The molecule has 0 aromatic rings. The first-order chi connectivity index (χ1) is 15.0. The number of alkyl halides is 2. The van der Waals surface area contributed by atoms with E-state index in [9.17, 15) is 23.2 Å². The van der Waals surface area contributed by atoms with Crippen molar-refractivity contribution >= 4 is 17.7 Å². The predicted molar refractivity (Wildman–Crippen MR) is 112 cm³/mol. The van der Waals surface area contributed by atoms with Crippen LogP contribution < -0.4 is 0 Å². The van der Waals surface area contributed by atoms with Crippen molar-refractivity contribution in [3.63, 3.8) is 0 Å². The molecular weight excluding hydrogens is 418 g/mol. The number of rotatable bonds is 3. The highest BCUT2D eigenvalue weighted by Gasteiger charge is 2.60. The SMILES string of the molecule is CC(=O)OC(=C1CC2(C)C(=CC1=O)CCC1C2CCC2(C)C(OC(C)=O)CCC12)C(F)F. The summed E-state index contributed by atoms with van der Waals surface area (Å²) in [4.78, 5) is 35.8. The molecule has 4 rings (SSSR count). The molecule has 6 unspecified atom stereocenters. The topological polar surface area (TPSA) is 69.7 Å². The van der Waals surface area contributed by atoms with Crippen molar-refractivity contribution < 1.29 is 32.6 Å². The van der Waals surface area contributed by atoms with Crippen molar-refractivity contribution in [3.8, 4) is 0 Å². The van der Waals surface area contributed by atoms with Crippen LogP contribution in [0.2, 0.25) is 0 Å². The van der Waals surface area contributed by atoms with Gasteiger partial charge in [-0.25, -0.2) is 8.78 Å². The van der Waals surface area contributed by atoms with Crippen LogP contribution in [0.15, 0.2) is 23.0 Å². The van der Waals surface area contributed by atoms with Gasteiger partial charge in [-0.05, 0) is 74.2 Å². The van der Waals surface area contributed by atoms with Crippen molar-refractivity contribution in [3.05, 3.63) is 23.0 Å². The Hall–Kier alpha value is -2.05. The Kier molecular flexibility index (Phi) is 5.83. The summed E-state index contributed by atoms with van der Waals surface area (Å²) in [6.07, 6.45) is 3.94. The highest BCUT2D eigenvalue weighted by molar-refractivity contribution is 6.06. The molecule has 4 aliphatic rings. The number of hydrogen-bond acceptors (Lipinski definition) is 5. The monoisotopic (exact) mass is 450 g/mol. The fraction of sp³-hybridized carbons (Fsp3) is 0.720. The zero-order valence-corrected chi connectivity index (χ0v) is 19.2. The van der Waals surface area contributed by atoms with Gasteiger partial charge in [-0.3, -0.25) is 14.4 Å². The Morgan fingerprint density at radius 1 is 1.06 bits per heavy atom. The summed E-state index contributed by atoms with van der Waals surface area (Å²) in [5.41, 5.74) is 0.467. The lowest BCUT2D eigenvalue weighted by Crippen LogP contribution is -2.52. The van der Waals surface area contributed by atoms with E-state index >= 15 is 0 Å². The molecule has 32 heavy (non-hydrogen) atoms. The average molecular weight is 451 g/mol. The van der Waals surface area contributed by atoms with Crippen LogP contribution in [0.4, 0.5) is 8.78 Å². The molecule has 0 radical (unpaired) electrons. The van der Waals surface area contributed by atoms with Gasteiger partial charge in [0.1, 0.15) is 6.10 Å². The Balaban J connectivity index is 1.68. The summed E-state index contributed by atoms with van der Waals surface area (Å²) in [5, 5.41) is 0. The van der Waals surface area contributed by atoms with E-state index < -0.39 is 29.4 Å². The maximum atomic E-state index is 13.7. The number of carbonyl (C=O) groups excluding carboxylic acids is 3. The maximum Gasteiger partial charge on any atom is 0.307 e. The normalized spacial score (nSPS) is 40.1. The van der Waals surface area contributed by atoms with E-state index in [1.54, 1.807) is 0 Å². The van der Waals surface area contributed by atoms with Crippen LogP contribution in [-0.4, -0.2) is 30.3 Å². The second-order valence-corrected chi connectivity index (χ2v) is 10.5. The van der Waals surface area contributed by atoms with Crippen LogP contribution in [-0.2, 0) is 23.9 Å². The van der Waals surface area contributed by atoms with Crippen molar-refractivity contribution in [2.45, 2.75) is 85.2 Å². The zero-order valence-electron chi connectivity index (χ0n) is 19.2. The molecule has 0 amide bonds. The van der Waals surface area contributed by atoms with Crippen LogP contribution >= 0.6 is 0 Å². The van der Waals surface area contributed by atoms with E-state index in [0.29, 0.717) is 11.8 Å². The summed E-state index contributed by atoms with van der Waals surface area (Å²) in [6.45, 7) is 6.84. The second kappa shape index (κ2) is 8.07. The zero-order chi connectivity index (χ0) is 23.4. The third-order valence-corrected chi connectivity index (χ3v) is 8.85. The number of fused-ring (bicyclic) bond motifs is 5. The fourth-order valence-electron chi connectivity index (χ4n) is 7.46. The van der Waals surface area contributed by atoms with E-state index in [0.717, 1.165) is 51.0 Å². The molecular formula is C25H32F2O5. The lowest BCUT2D eigenvalue weighted by atomic mass is 9.47. The molecule has 0 saturated heterocycles. The van der Waals surface area contributed by atoms with Gasteiger partial charge in [0, 0.05) is 24.8 Å². The molecule has 0 N–H and O–H groups in total. The van der Waals surface area contributed by atoms with Gasteiger partial charge in [0.2, 0.25) is 0 Å². The predicted octanol–water partition coefficient (Wildman–Crippen LogP) is 5.14. The summed E-state index contributed by atoms with van der Waals surface area (Å²) in [7, 11) is 0. The van der Waals surface area contributed by atoms with E-state index in [4.69, 9.17) is 9.47 Å². The smallest absolute Gasteiger partial charge is 0.307 e. The molecule has 0 aromatic heterocycles. The molecule has 6 atom stereocenters. The minimum Gasteiger partial charge on any atom is -0.462 e. The van der Waals surface area contributed by atoms with Gasteiger partial charge in [-0.15, -0.1) is 0 Å². The van der Waals surface area contributed by atoms with Gasteiger partial charge in [-0.1, -0.05) is 19.4 Å². The fourth-order valence-corrected chi connectivity index (χ4v) is 7.46. The number of ketones is 1. The summed E-state index contributed by atoms with van der Waals surface area (Å²) in [5.74, 6) is -1.33. The van der Waals surface area contributed by atoms with E-state index in [-0.39, 0.29) is 35.4 Å². The third kappa shape index (κ3) is 3.61. The van der Waals surface area contributed by atoms with E-state index in [1.807, 2.05) is 0 Å². The summed E-state index contributed by atoms with van der Waals surface area (Å²) < 4.78 is 37.9. The van der Waals surface area contributed by atoms with Crippen molar-refractivity contribution in [2.24, 2.45) is 28.6 Å². The van der Waals surface area contributed by atoms with Crippen molar-refractivity contribution in [2.75, 3.05) is 0 Å². The molecule has 3 fully saturated rings. The average Bonchev–Trinajstić information content (AvgIpc) is 3.02. The standard InChI is InChI=1S/C25H32F2O5/c1-13(28)31-21-8-7-18-16-6-5-15-11-20(30)17(22(23(26)27)32-14(2)29)12-25(15,4)19(16)9-10-24(18,21)3/h11,16,18-19,21,23H,5-10,12H2,1-4H3.